The van der Waals surface area contributed by atoms with Gasteiger partial charge in [0.25, 0.3) is 0 Å². The number of hydrogen-bond acceptors (Lipinski definition) is 5. The van der Waals surface area contributed by atoms with Crippen LogP contribution < -0.4 is 21.7 Å². The highest BCUT2D eigenvalue weighted by molar-refractivity contribution is 7.94. The zero-order valence-corrected chi connectivity index (χ0v) is 19.0. The van der Waals surface area contributed by atoms with E-state index < -0.39 is 37.6 Å². The average Bonchev–Trinajstić information content (AvgIpc) is 2.70. The Bertz CT molecular complexity index is 731. The number of hydrogen-bond donors (Lipinski definition) is 4. The molecule has 0 aliphatic heterocycles. The molecular weight excluding hydrogens is 402 g/mol. The lowest BCUT2D eigenvalue weighted by Gasteiger charge is -2.24. The number of carbonyl (C=O) groups is 4. The molecule has 3 atom stereocenters. The fourth-order valence-corrected chi connectivity index (χ4v) is 3.13. The third-order valence-electron chi connectivity index (χ3n) is 4.37. The molecule has 0 saturated heterocycles. The van der Waals surface area contributed by atoms with Crippen molar-refractivity contribution in [3.63, 3.8) is 0 Å². The predicted octanol–water partition coefficient (Wildman–Crippen LogP) is -0.494. The fourth-order valence-electron chi connectivity index (χ4n) is 2.73. The van der Waals surface area contributed by atoms with Crippen molar-refractivity contribution in [2.45, 2.75) is 38.8 Å². The molecule has 1 aromatic rings. The third kappa shape index (κ3) is 9.50. The van der Waals surface area contributed by atoms with Gasteiger partial charge in [0.1, 0.15) is 19.6 Å². The Balaban J connectivity index is 2.90. The lowest BCUT2D eigenvalue weighted by molar-refractivity contribution is -0.132. The summed E-state index contributed by atoms with van der Waals surface area (Å²) in [5.74, 6) is -1.20. The van der Waals surface area contributed by atoms with Crippen molar-refractivity contribution in [3.05, 3.63) is 35.9 Å². The first-order valence-electron chi connectivity index (χ1n) is 9.95. The van der Waals surface area contributed by atoms with E-state index in [1.54, 1.807) is 0 Å². The first-order valence-corrected chi connectivity index (χ1v) is 12.2. The van der Waals surface area contributed by atoms with Crippen LogP contribution in [0, 0.1) is 5.92 Å². The highest BCUT2D eigenvalue weighted by atomic mass is 31.1. The van der Waals surface area contributed by atoms with E-state index in [-0.39, 0.29) is 31.0 Å². The topological polar surface area (TPSA) is 130 Å². The lowest BCUT2D eigenvalue weighted by atomic mass is 10.0. The quantitative estimate of drug-likeness (QED) is 0.261. The number of benzene rings is 1. The van der Waals surface area contributed by atoms with Crippen LogP contribution in [0.4, 0.5) is 0 Å². The minimum Gasteiger partial charge on any atom is -0.347 e. The molecule has 0 heterocycles. The van der Waals surface area contributed by atoms with E-state index in [9.17, 15) is 19.2 Å². The van der Waals surface area contributed by atoms with Gasteiger partial charge in [-0.1, -0.05) is 52.0 Å². The van der Waals surface area contributed by atoms with Crippen molar-refractivity contribution >= 4 is 38.6 Å². The maximum Gasteiger partial charge on any atom is 0.243 e. The Morgan fingerprint density at radius 3 is 2.20 bits per heavy atom. The summed E-state index contributed by atoms with van der Waals surface area (Å²) in [5.41, 5.74) is 6.23. The monoisotopic (exact) mass is 434 g/mol. The fraction of sp³-hybridized carbons (Fsp3) is 0.500. The van der Waals surface area contributed by atoms with Crippen molar-refractivity contribution in [1.29, 1.82) is 0 Å². The van der Waals surface area contributed by atoms with Gasteiger partial charge in [-0.05, 0) is 24.6 Å². The zero-order chi connectivity index (χ0) is 22.7. The first kappa shape index (κ1) is 25.8. The third-order valence-corrected chi connectivity index (χ3v) is 5.53. The second-order valence-corrected chi connectivity index (χ2v) is 10.00. The molecule has 164 valence electrons. The number of rotatable bonds is 12. The van der Waals surface area contributed by atoms with E-state index in [2.05, 4.69) is 16.0 Å². The Labute approximate surface area is 180 Å². The van der Waals surface area contributed by atoms with E-state index in [4.69, 9.17) is 5.73 Å². The van der Waals surface area contributed by atoms with E-state index in [0.29, 0.717) is 6.42 Å². The molecule has 0 bridgehead atoms. The van der Waals surface area contributed by atoms with E-state index >= 15 is 0 Å². The standard InChI is InChI=1S/C20H32BN4O4P/c1-13(2)9-15(19(28)23-12-18(27)30(3)21)25-20(29)16(24-17(26)11-22)10-14-7-5-4-6-8-14/h4-8,13,15-16H,9-12,21-22H2,1-3H3,(H,23,28)(H,24,26)(H,25,29). The lowest BCUT2D eigenvalue weighted by Crippen LogP contribution is -2.55. The first-order chi connectivity index (χ1) is 14.1. The Kier molecular flexibility index (Phi) is 11.3. The Hall–Kier alpha value is -2.25. The maximum atomic E-state index is 12.9. The highest BCUT2D eigenvalue weighted by Gasteiger charge is 2.27. The summed E-state index contributed by atoms with van der Waals surface area (Å²) >= 11 is 0. The summed E-state index contributed by atoms with van der Waals surface area (Å²) in [7, 11) is 1.03. The minimum absolute atomic E-state index is 0.0230. The van der Waals surface area contributed by atoms with Gasteiger partial charge in [0.05, 0.1) is 13.1 Å². The highest BCUT2D eigenvalue weighted by Crippen LogP contribution is 2.22. The van der Waals surface area contributed by atoms with Crippen molar-refractivity contribution in [2.75, 3.05) is 19.8 Å². The summed E-state index contributed by atoms with van der Waals surface area (Å²) in [6.07, 6.45) is 0.671. The van der Waals surface area contributed by atoms with Gasteiger partial charge < -0.3 is 21.7 Å². The second kappa shape index (κ2) is 13.1. The Morgan fingerprint density at radius 1 is 1.03 bits per heavy atom. The molecule has 0 aliphatic rings. The van der Waals surface area contributed by atoms with Crippen molar-refractivity contribution in [1.82, 2.24) is 16.0 Å². The molecule has 1 rings (SSSR count). The number of amides is 3. The average molecular weight is 434 g/mol. The molecule has 0 radical (unpaired) electrons. The molecule has 0 saturated carbocycles. The zero-order valence-electron chi connectivity index (χ0n) is 18.1. The van der Waals surface area contributed by atoms with Gasteiger partial charge in [0.15, 0.2) is 5.52 Å². The predicted molar refractivity (Wildman–Crippen MR) is 122 cm³/mol. The molecular formula is C20H32BN4O4P. The van der Waals surface area contributed by atoms with Gasteiger partial charge in [-0.15, -0.1) is 0 Å². The molecule has 3 unspecified atom stereocenters. The summed E-state index contributed by atoms with van der Waals surface area (Å²) in [6.45, 7) is 5.40. The van der Waals surface area contributed by atoms with Gasteiger partial charge >= 0.3 is 0 Å². The van der Waals surface area contributed by atoms with E-state index in [1.165, 1.54) is 0 Å². The molecule has 0 spiro atoms. The molecule has 3 amide bonds. The SMILES string of the molecule is BP(C)C(=O)CNC(=O)C(CC(C)C)NC(=O)C(Cc1ccccc1)NC(=O)CN. The molecule has 10 heteroatoms. The summed E-state index contributed by atoms with van der Waals surface area (Å²) < 4.78 is 0. The van der Waals surface area contributed by atoms with Crippen LogP contribution in [0.5, 0.6) is 0 Å². The summed E-state index contributed by atoms with van der Waals surface area (Å²) in [5, 5.41) is 7.98. The molecule has 0 aliphatic carbocycles. The molecule has 0 fully saturated rings. The van der Waals surface area contributed by atoms with Crippen LogP contribution in [0.3, 0.4) is 0 Å². The number of nitrogens with two attached hydrogens (primary N) is 1. The van der Waals surface area contributed by atoms with Crippen LogP contribution in [0.25, 0.3) is 0 Å². The molecule has 1 aromatic carbocycles. The van der Waals surface area contributed by atoms with Crippen LogP contribution in [-0.2, 0) is 25.6 Å². The van der Waals surface area contributed by atoms with E-state index in [0.717, 1.165) is 5.56 Å². The molecule has 8 nitrogen and oxygen atoms in total. The van der Waals surface area contributed by atoms with E-state index in [1.807, 2.05) is 58.4 Å². The van der Waals surface area contributed by atoms with Gasteiger partial charge in [-0.25, -0.2) is 0 Å². The summed E-state index contributed by atoms with van der Waals surface area (Å²) in [6, 6.07) is 7.58. The molecule has 5 N–H and O–H groups in total. The normalized spacial score (nSPS) is 13.8. The van der Waals surface area contributed by atoms with Crippen molar-refractivity contribution in [3.8, 4) is 0 Å². The summed E-state index contributed by atoms with van der Waals surface area (Å²) in [4.78, 5) is 49.2. The van der Waals surface area contributed by atoms with Gasteiger partial charge in [-0.2, -0.15) is 0 Å². The number of nitrogens with one attached hydrogen (secondary N) is 3. The van der Waals surface area contributed by atoms with Gasteiger partial charge in [-0.3, -0.25) is 19.2 Å². The van der Waals surface area contributed by atoms with Crippen LogP contribution in [0.2, 0.25) is 0 Å². The number of carbonyl (C=O) groups excluding carboxylic acids is 4. The second-order valence-electron chi connectivity index (χ2n) is 7.71. The maximum absolute atomic E-state index is 12.9. The largest absolute Gasteiger partial charge is 0.347 e. The van der Waals surface area contributed by atoms with Crippen LogP contribution in [0.1, 0.15) is 25.8 Å². The molecule has 30 heavy (non-hydrogen) atoms. The minimum atomic E-state index is -0.869. The van der Waals surface area contributed by atoms with Gasteiger partial charge in [0.2, 0.25) is 17.7 Å². The smallest absolute Gasteiger partial charge is 0.243 e. The van der Waals surface area contributed by atoms with Crippen molar-refractivity contribution < 1.29 is 19.2 Å². The Morgan fingerprint density at radius 2 is 1.67 bits per heavy atom. The van der Waals surface area contributed by atoms with Gasteiger partial charge in [0, 0.05) is 6.42 Å². The van der Waals surface area contributed by atoms with Crippen LogP contribution >= 0.6 is 7.80 Å². The van der Waals surface area contributed by atoms with Crippen LogP contribution in [0.15, 0.2) is 30.3 Å². The van der Waals surface area contributed by atoms with Crippen LogP contribution in [-0.4, -0.2) is 62.6 Å². The van der Waals surface area contributed by atoms with Crippen molar-refractivity contribution in [2.24, 2.45) is 11.7 Å². The molecule has 0 aromatic heterocycles.